The first-order chi connectivity index (χ1) is 7.40. The molecule has 90 valence electrons. The van der Waals surface area contributed by atoms with E-state index in [1.807, 2.05) is 49.2 Å². The van der Waals surface area contributed by atoms with E-state index in [1.54, 1.807) is 0 Å². The number of sulfonamides is 1. The van der Waals surface area contributed by atoms with Gasteiger partial charge in [0.15, 0.2) is 0 Å². The van der Waals surface area contributed by atoms with Crippen LogP contribution in [0, 0.1) is 0 Å². The largest absolute Gasteiger partial charge is 0.371 e. The van der Waals surface area contributed by atoms with Crippen LogP contribution in [0.15, 0.2) is 30.3 Å². The number of likely N-dealkylation sites (N-methyl/N-ethyl adjacent to an activating group) is 1. The Hall–Kier alpha value is -1.07. The standard InChI is InChI=1S/C11H18N2O2S/c1-10(9-12-16(3,14)15)13(2)11-7-5-4-6-8-11/h4-8,10,12H,9H2,1-3H3. The molecule has 0 fully saturated rings. The number of hydrogen-bond acceptors (Lipinski definition) is 3. The van der Waals surface area contributed by atoms with Crippen LogP contribution >= 0.6 is 0 Å². The van der Waals surface area contributed by atoms with Crippen LogP contribution in [0.25, 0.3) is 0 Å². The van der Waals surface area contributed by atoms with Gasteiger partial charge in [-0.1, -0.05) is 18.2 Å². The Balaban J connectivity index is 2.58. The fourth-order valence-corrected chi connectivity index (χ4v) is 1.87. The van der Waals surface area contributed by atoms with Crippen molar-refractivity contribution in [3.8, 4) is 0 Å². The molecule has 0 aliphatic carbocycles. The van der Waals surface area contributed by atoms with Crippen molar-refractivity contribution in [2.45, 2.75) is 13.0 Å². The molecule has 0 saturated carbocycles. The Bertz CT molecular complexity index is 417. The predicted molar refractivity (Wildman–Crippen MR) is 67.2 cm³/mol. The summed E-state index contributed by atoms with van der Waals surface area (Å²) < 4.78 is 24.4. The van der Waals surface area contributed by atoms with Gasteiger partial charge in [0.25, 0.3) is 0 Å². The molecular weight excluding hydrogens is 224 g/mol. The van der Waals surface area contributed by atoms with Gasteiger partial charge >= 0.3 is 0 Å². The fraction of sp³-hybridized carbons (Fsp3) is 0.455. The van der Waals surface area contributed by atoms with Crippen molar-refractivity contribution < 1.29 is 8.42 Å². The molecule has 0 aliphatic heterocycles. The van der Waals surface area contributed by atoms with Crippen LogP contribution in [-0.4, -0.2) is 34.3 Å². The van der Waals surface area contributed by atoms with Crippen LogP contribution in [-0.2, 0) is 10.0 Å². The van der Waals surface area contributed by atoms with Crippen molar-refractivity contribution in [2.75, 3.05) is 24.7 Å². The van der Waals surface area contributed by atoms with E-state index >= 15 is 0 Å². The molecule has 0 bridgehead atoms. The van der Waals surface area contributed by atoms with Gasteiger partial charge in [-0.25, -0.2) is 13.1 Å². The minimum atomic E-state index is -3.11. The smallest absolute Gasteiger partial charge is 0.208 e. The summed E-state index contributed by atoms with van der Waals surface area (Å²) in [6, 6.07) is 9.98. The Morgan fingerprint density at radius 2 is 1.88 bits per heavy atom. The van der Waals surface area contributed by atoms with Crippen molar-refractivity contribution in [1.82, 2.24) is 4.72 Å². The van der Waals surface area contributed by atoms with E-state index in [2.05, 4.69) is 4.72 Å². The molecule has 1 aromatic rings. The maximum absolute atomic E-state index is 11.0. The Kier molecular flexibility index (Phi) is 4.32. The lowest BCUT2D eigenvalue weighted by molar-refractivity contribution is 0.576. The second-order valence-electron chi connectivity index (χ2n) is 3.92. The van der Waals surface area contributed by atoms with E-state index in [9.17, 15) is 8.42 Å². The van der Waals surface area contributed by atoms with Gasteiger partial charge in [-0.3, -0.25) is 0 Å². The highest BCUT2D eigenvalue weighted by molar-refractivity contribution is 7.88. The van der Waals surface area contributed by atoms with Crippen molar-refractivity contribution in [1.29, 1.82) is 0 Å². The first kappa shape index (κ1) is 13.0. The van der Waals surface area contributed by atoms with Crippen LogP contribution in [0.4, 0.5) is 5.69 Å². The maximum atomic E-state index is 11.0. The average Bonchev–Trinajstić information content (AvgIpc) is 2.25. The predicted octanol–water partition coefficient (Wildman–Crippen LogP) is 1.06. The van der Waals surface area contributed by atoms with Crippen LogP contribution in [0.5, 0.6) is 0 Å². The van der Waals surface area contributed by atoms with Gasteiger partial charge in [0, 0.05) is 25.3 Å². The summed E-state index contributed by atoms with van der Waals surface area (Å²) in [6.07, 6.45) is 1.17. The molecule has 0 spiro atoms. The number of benzene rings is 1. The maximum Gasteiger partial charge on any atom is 0.208 e. The number of anilines is 1. The van der Waals surface area contributed by atoms with E-state index in [0.29, 0.717) is 6.54 Å². The van der Waals surface area contributed by atoms with Gasteiger partial charge < -0.3 is 4.90 Å². The minimum Gasteiger partial charge on any atom is -0.371 e. The molecule has 1 unspecified atom stereocenters. The van der Waals surface area contributed by atoms with Crippen LogP contribution < -0.4 is 9.62 Å². The third-order valence-electron chi connectivity index (χ3n) is 2.47. The Morgan fingerprint density at radius 3 is 2.38 bits per heavy atom. The Labute approximate surface area is 97.3 Å². The SMILES string of the molecule is CC(CNS(C)(=O)=O)N(C)c1ccccc1. The highest BCUT2D eigenvalue weighted by Gasteiger charge is 2.11. The summed E-state index contributed by atoms with van der Waals surface area (Å²) in [5.74, 6) is 0. The van der Waals surface area contributed by atoms with Gasteiger partial charge in [0.2, 0.25) is 10.0 Å². The molecule has 0 amide bonds. The molecule has 1 N–H and O–H groups in total. The number of nitrogens with one attached hydrogen (secondary N) is 1. The van der Waals surface area contributed by atoms with Crippen molar-refractivity contribution in [3.63, 3.8) is 0 Å². The molecule has 4 nitrogen and oxygen atoms in total. The van der Waals surface area contributed by atoms with E-state index < -0.39 is 10.0 Å². The van der Waals surface area contributed by atoms with E-state index in [0.717, 1.165) is 5.69 Å². The van der Waals surface area contributed by atoms with Crippen molar-refractivity contribution in [2.24, 2.45) is 0 Å². The van der Waals surface area contributed by atoms with Gasteiger partial charge in [0.1, 0.15) is 0 Å². The normalized spacial score (nSPS) is 13.4. The van der Waals surface area contributed by atoms with E-state index in [4.69, 9.17) is 0 Å². The lowest BCUT2D eigenvalue weighted by atomic mass is 10.2. The number of para-hydroxylation sites is 1. The molecule has 0 aromatic heterocycles. The monoisotopic (exact) mass is 242 g/mol. The molecule has 5 heteroatoms. The summed E-state index contributed by atoms with van der Waals surface area (Å²) in [7, 11) is -1.16. The average molecular weight is 242 g/mol. The molecule has 0 radical (unpaired) electrons. The highest BCUT2D eigenvalue weighted by Crippen LogP contribution is 2.13. The van der Waals surface area contributed by atoms with Gasteiger partial charge in [0.05, 0.1) is 6.26 Å². The van der Waals surface area contributed by atoms with Gasteiger partial charge in [-0.05, 0) is 19.1 Å². The molecule has 1 rings (SSSR count). The Morgan fingerprint density at radius 1 is 1.31 bits per heavy atom. The number of rotatable bonds is 5. The summed E-state index contributed by atoms with van der Waals surface area (Å²) in [5, 5.41) is 0. The quantitative estimate of drug-likeness (QED) is 0.840. The van der Waals surface area contributed by atoms with Crippen LogP contribution in [0.2, 0.25) is 0 Å². The molecule has 1 atom stereocenters. The molecule has 16 heavy (non-hydrogen) atoms. The van der Waals surface area contributed by atoms with Gasteiger partial charge in [-0.15, -0.1) is 0 Å². The molecule has 0 saturated heterocycles. The number of hydrogen-bond donors (Lipinski definition) is 1. The highest BCUT2D eigenvalue weighted by atomic mass is 32.2. The molecule has 1 aromatic carbocycles. The zero-order valence-corrected chi connectivity index (χ0v) is 10.7. The van der Waals surface area contributed by atoms with E-state index in [-0.39, 0.29) is 6.04 Å². The third kappa shape index (κ3) is 4.20. The topological polar surface area (TPSA) is 49.4 Å². The summed E-state index contributed by atoms with van der Waals surface area (Å²) >= 11 is 0. The van der Waals surface area contributed by atoms with E-state index in [1.165, 1.54) is 6.26 Å². The first-order valence-corrected chi connectivity index (χ1v) is 7.02. The lowest BCUT2D eigenvalue weighted by Crippen LogP contribution is -2.39. The third-order valence-corrected chi connectivity index (χ3v) is 3.16. The fourth-order valence-electron chi connectivity index (χ4n) is 1.33. The van der Waals surface area contributed by atoms with Crippen molar-refractivity contribution in [3.05, 3.63) is 30.3 Å². The first-order valence-electron chi connectivity index (χ1n) is 5.12. The van der Waals surface area contributed by atoms with Crippen molar-refractivity contribution >= 4 is 15.7 Å². The summed E-state index contributed by atoms with van der Waals surface area (Å²) in [5.41, 5.74) is 1.07. The van der Waals surface area contributed by atoms with Gasteiger partial charge in [-0.2, -0.15) is 0 Å². The zero-order valence-electron chi connectivity index (χ0n) is 9.84. The zero-order chi connectivity index (χ0) is 12.2. The lowest BCUT2D eigenvalue weighted by Gasteiger charge is -2.26. The summed E-state index contributed by atoms with van der Waals surface area (Å²) in [6.45, 7) is 2.38. The van der Waals surface area contributed by atoms with Crippen LogP contribution in [0.1, 0.15) is 6.92 Å². The second-order valence-corrected chi connectivity index (χ2v) is 5.75. The molecular formula is C11H18N2O2S. The number of nitrogens with zero attached hydrogens (tertiary/aromatic N) is 1. The minimum absolute atomic E-state index is 0.108. The molecule has 0 heterocycles. The second kappa shape index (κ2) is 5.32. The summed E-state index contributed by atoms with van der Waals surface area (Å²) in [4.78, 5) is 2.04. The molecule has 0 aliphatic rings. The van der Waals surface area contributed by atoms with Crippen LogP contribution in [0.3, 0.4) is 0 Å².